The first-order valence-electron chi connectivity index (χ1n) is 7.88. The summed E-state index contributed by atoms with van der Waals surface area (Å²) < 4.78 is 38.3. The van der Waals surface area contributed by atoms with Crippen LogP contribution in [0, 0.1) is 0 Å². The van der Waals surface area contributed by atoms with Crippen LogP contribution in [-0.4, -0.2) is 21.1 Å². The van der Waals surface area contributed by atoms with Crippen LogP contribution in [0.3, 0.4) is 0 Å². The molecule has 1 amide bonds. The average molecular weight is 393 g/mol. The van der Waals surface area contributed by atoms with Gasteiger partial charge in [0.05, 0.1) is 5.25 Å². The lowest BCUT2D eigenvalue weighted by Gasteiger charge is -2.14. The van der Waals surface area contributed by atoms with Crippen LogP contribution in [0.15, 0.2) is 58.5 Å². The molecule has 27 heavy (non-hydrogen) atoms. The molecule has 9 heteroatoms. The van der Waals surface area contributed by atoms with E-state index in [1.165, 1.54) is 6.92 Å². The monoisotopic (exact) mass is 393 g/mol. The number of aromatic amines is 1. The second-order valence-electron chi connectivity index (χ2n) is 5.71. The lowest BCUT2D eigenvalue weighted by atomic mass is 10.1. The van der Waals surface area contributed by atoms with Gasteiger partial charge in [0.2, 0.25) is 5.91 Å². The number of halogens is 3. The van der Waals surface area contributed by atoms with Gasteiger partial charge in [-0.3, -0.25) is 9.59 Å². The largest absolute Gasteiger partial charge is 0.433 e. The van der Waals surface area contributed by atoms with E-state index >= 15 is 0 Å². The van der Waals surface area contributed by atoms with Gasteiger partial charge < -0.3 is 10.3 Å². The highest BCUT2D eigenvalue weighted by Crippen LogP contribution is 2.29. The minimum Gasteiger partial charge on any atom is -0.325 e. The molecule has 3 aromatic rings. The third-order valence-corrected chi connectivity index (χ3v) is 4.70. The van der Waals surface area contributed by atoms with Gasteiger partial charge in [-0.1, -0.05) is 48.2 Å². The number of thioether (sulfide) groups is 1. The maximum atomic E-state index is 12.8. The molecule has 0 spiro atoms. The first-order valence-corrected chi connectivity index (χ1v) is 8.76. The molecule has 0 aliphatic heterocycles. The van der Waals surface area contributed by atoms with Crippen molar-refractivity contribution < 1.29 is 18.0 Å². The minimum atomic E-state index is -4.74. The number of carbonyl (C=O) groups excluding carboxylic acids is 1. The van der Waals surface area contributed by atoms with Crippen molar-refractivity contribution in [3.8, 4) is 0 Å². The Morgan fingerprint density at radius 2 is 1.89 bits per heavy atom. The molecule has 2 N–H and O–H groups in total. The summed E-state index contributed by atoms with van der Waals surface area (Å²) in [4.78, 5) is 29.5. The van der Waals surface area contributed by atoms with Crippen LogP contribution in [0.4, 0.5) is 18.9 Å². The zero-order chi connectivity index (χ0) is 19.6. The SMILES string of the molecule is CC(Sc1nc(C(F)(F)F)cc(=O)[nH]1)C(=O)Nc1cccc2ccccc12. The summed E-state index contributed by atoms with van der Waals surface area (Å²) in [6, 6.07) is 13.3. The second kappa shape index (κ2) is 7.43. The Labute approximate surface area is 156 Å². The van der Waals surface area contributed by atoms with Crippen LogP contribution in [0.1, 0.15) is 12.6 Å². The number of fused-ring (bicyclic) bond motifs is 1. The second-order valence-corrected chi connectivity index (χ2v) is 7.04. The van der Waals surface area contributed by atoms with Crippen LogP contribution in [0.5, 0.6) is 0 Å². The van der Waals surface area contributed by atoms with Gasteiger partial charge in [0.25, 0.3) is 5.56 Å². The third kappa shape index (κ3) is 4.48. The number of H-pyrrole nitrogens is 1. The molecular formula is C18H14F3N3O2S. The number of hydrogen-bond acceptors (Lipinski definition) is 4. The highest BCUT2D eigenvalue weighted by atomic mass is 32.2. The number of amides is 1. The predicted octanol–water partition coefficient (Wildman–Crippen LogP) is 4.06. The highest BCUT2D eigenvalue weighted by Gasteiger charge is 2.33. The Morgan fingerprint density at radius 3 is 2.63 bits per heavy atom. The molecular weight excluding hydrogens is 379 g/mol. The molecule has 1 aromatic heterocycles. The van der Waals surface area contributed by atoms with E-state index in [0.29, 0.717) is 11.8 Å². The molecule has 0 fully saturated rings. The van der Waals surface area contributed by atoms with Crippen molar-refractivity contribution in [1.82, 2.24) is 9.97 Å². The minimum absolute atomic E-state index is 0.268. The van der Waals surface area contributed by atoms with Gasteiger partial charge in [0.15, 0.2) is 10.9 Å². The summed E-state index contributed by atoms with van der Waals surface area (Å²) >= 11 is 0.742. The normalized spacial score (nSPS) is 12.7. The zero-order valence-corrected chi connectivity index (χ0v) is 14.8. The molecule has 1 atom stereocenters. The molecule has 2 aromatic carbocycles. The number of rotatable bonds is 4. The van der Waals surface area contributed by atoms with E-state index in [2.05, 4.69) is 15.3 Å². The first-order chi connectivity index (χ1) is 12.7. The van der Waals surface area contributed by atoms with Gasteiger partial charge in [0, 0.05) is 17.1 Å². The molecule has 1 unspecified atom stereocenters. The van der Waals surface area contributed by atoms with Crippen LogP contribution in [0.25, 0.3) is 10.8 Å². The quantitative estimate of drug-likeness (QED) is 0.518. The van der Waals surface area contributed by atoms with Gasteiger partial charge >= 0.3 is 6.18 Å². The third-order valence-electron chi connectivity index (χ3n) is 3.72. The Balaban J connectivity index is 1.78. The molecule has 3 rings (SSSR count). The standard InChI is InChI=1S/C18H14F3N3O2S/c1-10(27-17-23-14(18(19,20)21)9-15(25)24-17)16(26)22-13-8-4-6-11-5-2-3-7-12(11)13/h2-10H,1H3,(H,22,26)(H,23,24,25). The fourth-order valence-electron chi connectivity index (χ4n) is 2.43. The summed E-state index contributed by atoms with van der Waals surface area (Å²) in [6.45, 7) is 1.52. The maximum absolute atomic E-state index is 12.8. The molecule has 5 nitrogen and oxygen atoms in total. The van der Waals surface area contributed by atoms with Gasteiger partial charge in [-0.15, -0.1) is 0 Å². The molecule has 1 heterocycles. The van der Waals surface area contributed by atoms with Gasteiger partial charge in [-0.2, -0.15) is 13.2 Å². The van der Waals surface area contributed by atoms with E-state index in [-0.39, 0.29) is 5.16 Å². The van der Waals surface area contributed by atoms with Gasteiger partial charge in [0.1, 0.15) is 0 Å². The average Bonchev–Trinajstić information content (AvgIpc) is 2.60. The number of nitrogens with one attached hydrogen (secondary N) is 2. The van der Waals surface area contributed by atoms with Crippen LogP contribution >= 0.6 is 11.8 Å². The van der Waals surface area contributed by atoms with Crippen molar-refractivity contribution in [1.29, 1.82) is 0 Å². The van der Waals surface area contributed by atoms with E-state index in [9.17, 15) is 22.8 Å². The summed E-state index contributed by atoms with van der Waals surface area (Å²) in [7, 11) is 0. The summed E-state index contributed by atoms with van der Waals surface area (Å²) in [5, 5.41) is 3.50. The molecule has 0 radical (unpaired) electrons. The smallest absolute Gasteiger partial charge is 0.325 e. The summed E-state index contributed by atoms with van der Waals surface area (Å²) in [5.41, 5.74) is -1.63. The van der Waals surface area contributed by atoms with Crippen LogP contribution in [0.2, 0.25) is 0 Å². The fraction of sp³-hybridized carbons (Fsp3) is 0.167. The van der Waals surface area contributed by atoms with E-state index < -0.39 is 28.6 Å². The fourth-order valence-corrected chi connectivity index (χ4v) is 3.24. The highest BCUT2D eigenvalue weighted by molar-refractivity contribution is 8.00. The van der Waals surface area contributed by atoms with E-state index in [1.54, 1.807) is 12.1 Å². The van der Waals surface area contributed by atoms with Gasteiger partial charge in [-0.25, -0.2) is 4.98 Å². The lowest BCUT2D eigenvalue weighted by Crippen LogP contribution is -2.24. The summed E-state index contributed by atoms with van der Waals surface area (Å²) in [5.74, 6) is -0.420. The van der Waals surface area contributed by atoms with E-state index in [1.807, 2.05) is 30.3 Å². The topological polar surface area (TPSA) is 74.8 Å². The number of carbonyl (C=O) groups is 1. The molecule has 0 aliphatic rings. The van der Waals surface area contributed by atoms with Crippen molar-refractivity contribution in [2.75, 3.05) is 5.32 Å². The Kier molecular flexibility index (Phi) is 5.22. The van der Waals surface area contributed by atoms with Crippen molar-refractivity contribution in [2.24, 2.45) is 0 Å². The number of benzene rings is 2. The van der Waals surface area contributed by atoms with Crippen molar-refractivity contribution in [3.63, 3.8) is 0 Å². The number of hydrogen-bond donors (Lipinski definition) is 2. The number of aromatic nitrogens is 2. The number of alkyl halides is 3. The Hall–Kier alpha value is -2.81. The summed E-state index contributed by atoms with van der Waals surface area (Å²) in [6.07, 6.45) is -4.74. The van der Waals surface area contributed by atoms with Crippen molar-refractivity contribution >= 4 is 34.1 Å². The molecule has 140 valence electrons. The molecule has 0 bridgehead atoms. The predicted molar refractivity (Wildman–Crippen MR) is 97.8 cm³/mol. The molecule has 0 saturated carbocycles. The Bertz CT molecular complexity index is 1040. The van der Waals surface area contributed by atoms with Crippen molar-refractivity contribution in [3.05, 3.63) is 64.6 Å². The first kappa shape index (κ1) is 19.0. The number of nitrogens with zero attached hydrogens (tertiary/aromatic N) is 1. The molecule has 0 saturated heterocycles. The lowest BCUT2D eigenvalue weighted by molar-refractivity contribution is -0.141. The van der Waals surface area contributed by atoms with Gasteiger partial charge in [-0.05, 0) is 18.4 Å². The molecule has 0 aliphatic carbocycles. The zero-order valence-electron chi connectivity index (χ0n) is 14.0. The maximum Gasteiger partial charge on any atom is 0.433 e. The Morgan fingerprint density at radius 1 is 1.19 bits per heavy atom. The van der Waals surface area contributed by atoms with Crippen molar-refractivity contribution in [2.45, 2.75) is 23.5 Å². The van der Waals surface area contributed by atoms with Crippen LogP contribution < -0.4 is 10.9 Å². The van der Waals surface area contributed by atoms with E-state index in [4.69, 9.17) is 0 Å². The van der Waals surface area contributed by atoms with Crippen LogP contribution in [-0.2, 0) is 11.0 Å². The van der Waals surface area contributed by atoms with E-state index in [0.717, 1.165) is 22.5 Å². The number of anilines is 1.